The van der Waals surface area contributed by atoms with Crippen molar-refractivity contribution < 1.29 is 14.3 Å². The first-order valence-electron chi connectivity index (χ1n) is 7.96. The number of amides is 2. The average Bonchev–Trinajstić information content (AvgIpc) is 2.89. The normalized spacial score (nSPS) is 13.1. The zero-order valence-corrected chi connectivity index (χ0v) is 13.6. The second-order valence-corrected chi connectivity index (χ2v) is 5.85. The van der Waals surface area contributed by atoms with Crippen LogP contribution in [0.25, 0.3) is 0 Å². The number of hydrogen-bond donors (Lipinski definition) is 0. The number of carbonyl (C=O) groups is 2. The third-order valence-corrected chi connectivity index (χ3v) is 4.19. The van der Waals surface area contributed by atoms with Crippen molar-refractivity contribution in [3.05, 3.63) is 89.5 Å². The molecule has 0 aliphatic carbocycles. The smallest absolute Gasteiger partial charge is 0.266 e. The topological polar surface area (TPSA) is 46.6 Å². The molecule has 0 atom stereocenters. The molecule has 0 N–H and O–H groups in total. The lowest BCUT2D eigenvalue weighted by Crippen LogP contribution is -2.30. The molecule has 1 aliphatic heterocycles. The lowest BCUT2D eigenvalue weighted by atomic mass is 10.1. The van der Waals surface area contributed by atoms with E-state index in [2.05, 4.69) is 0 Å². The first-order valence-corrected chi connectivity index (χ1v) is 7.96. The molecule has 2 amide bonds. The minimum Gasteiger partial charge on any atom is -0.457 e. The van der Waals surface area contributed by atoms with Gasteiger partial charge in [0.25, 0.3) is 11.8 Å². The van der Waals surface area contributed by atoms with Crippen LogP contribution >= 0.6 is 0 Å². The van der Waals surface area contributed by atoms with Crippen LogP contribution < -0.4 is 9.64 Å². The van der Waals surface area contributed by atoms with Gasteiger partial charge in [0.15, 0.2) is 0 Å². The van der Waals surface area contributed by atoms with Crippen LogP contribution in [-0.4, -0.2) is 11.8 Å². The van der Waals surface area contributed by atoms with Gasteiger partial charge in [-0.15, -0.1) is 0 Å². The van der Waals surface area contributed by atoms with Crippen LogP contribution in [0.15, 0.2) is 72.8 Å². The summed E-state index contributed by atoms with van der Waals surface area (Å²) in [6.45, 7) is 1.87. The van der Waals surface area contributed by atoms with Crippen molar-refractivity contribution in [2.75, 3.05) is 4.90 Å². The van der Waals surface area contributed by atoms with Crippen molar-refractivity contribution >= 4 is 17.5 Å². The molecule has 0 unspecified atom stereocenters. The van der Waals surface area contributed by atoms with E-state index in [1.165, 1.54) is 4.90 Å². The van der Waals surface area contributed by atoms with Gasteiger partial charge < -0.3 is 4.74 Å². The van der Waals surface area contributed by atoms with Gasteiger partial charge in [0.2, 0.25) is 0 Å². The number of hydrogen-bond acceptors (Lipinski definition) is 3. The molecule has 1 heterocycles. The number of benzene rings is 3. The van der Waals surface area contributed by atoms with Gasteiger partial charge in [-0.25, -0.2) is 4.90 Å². The summed E-state index contributed by atoms with van der Waals surface area (Å²) >= 11 is 0. The number of ether oxygens (including phenoxy) is 1. The fourth-order valence-electron chi connectivity index (χ4n) is 2.93. The number of para-hydroxylation sites is 1. The maximum Gasteiger partial charge on any atom is 0.266 e. The summed E-state index contributed by atoms with van der Waals surface area (Å²) in [5.41, 5.74) is 2.23. The Bertz CT molecular complexity index is 944. The molecule has 3 aromatic carbocycles. The van der Waals surface area contributed by atoms with E-state index in [9.17, 15) is 9.59 Å². The third-order valence-electron chi connectivity index (χ3n) is 4.19. The van der Waals surface area contributed by atoms with Crippen molar-refractivity contribution in [3.8, 4) is 11.5 Å². The second kappa shape index (κ2) is 5.91. The highest BCUT2D eigenvalue weighted by Gasteiger charge is 2.37. The largest absolute Gasteiger partial charge is 0.457 e. The number of nitrogens with zero attached hydrogens (tertiary/aromatic N) is 1. The Balaban J connectivity index is 1.73. The minimum absolute atomic E-state index is 0.305. The zero-order chi connectivity index (χ0) is 17.4. The van der Waals surface area contributed by atoms with Gasteiger partial charge in [-0.1, -0.05) is 36.4 Å². The first-order chi connectivity index (χ1) is 12.1. The van der Waals surface area contributed by atoms with Gasteiger partial charge in [0.1, 0.15) is 11.5 Å². The van der Waals surface area contributed by atoms with Crippen molar-refractivity contribution in [1.29, 1.82) is 0 Å². The van der Waals surface area contributed by atoms with Gasteiger partial charge in [0.05, 0.1) is 16.8 Å². The van der Waals surface area contributed by atoms with Gasteiger partial charge in [-0.3, -0.25) is 9.59 Å². The van der Waals surface area contributed by atoms with Crippen molar-refractivity contribution in [3.63, 3.8) is 0 Å². The van der Waals surface area contributed by atoms with Gasteiger partial charge in [0, 0.05) is 6.07 Å². The predicted molar refractivity (Wildman–Crippen MR) is 95.3 cm³/mol. The standard InChI is InChI=1S/C21H15NO3/c1-14-11-12-16(25-15-7-3-2-4-8-15)13-19(14)22-20(23)17-9-5-6-10-18(17)21(22)24/h2-13H,1H3. The van der Waals surface area contributed by atoms with E-state index >= 15 is 0 Å². The van der Waals surface area contributed by atoms with E-state index in [0.29, 0.717) is 28.3 Å². The maximum atomic E-state index is 12.7. The first kappa shape index (κ1) is 15.1. The van der Waals surface area contributed by atoms with Crippen molar-refractivity contribution in [2.45, 2.75) is 6.92 Å². The number of anilines is 1. The summed E-state index contributed by atoms with van der Waals surface area (Å²) in [7, 11) is 0. The van der Waals surface area contributed by atoms with Crippen LogP contribution in [0.4, 0.5) is 5.69 Å². The summed E-state index contributed by atoms with van der Waals surface area (Å²) in [4.78, 5) is 26.6. The Morgan fingerprint density at radius 2 is 1.32 bits per heavy atom. The molecule has 0 spiro atoms. The Morgan fingerprint density at radius 3 is 1.96 bits per heavy atom. The molecule has 0 saturated heterocycles. The molecule has 0 aromatic heterocycles. The molecular weight excluding hydrogens is 314 g/mol. The van der Waals surface area contributed by atoms with E-state index < -0.39 is 0 Å². The Hall–Kier alpha value is -3.40. The molecule has 4 heteroatoms. The summed E-state index contributed by atoms with van der Waals surface area (Å²) < 4.78 is 5.83. The van der Waals surface area contributed by atoms with Crippen LogP contribution in [0.2, 0.25) is 0 Å². The molecule has 1 aliphatic rings. The predicted octanol–water partition coefficient (Wildman–Crippen LogP) is 4.59. The van der Waals surface area contributed by atoms with Crippen LogP contribution in [0.5, 0.6) is 11.5 Å². The van der Waals surface area contributed by atoms with Crippen molar-refractivity contribution in [1.82, 2.24) is 0 Å². The van der Waals surface area contributed by atoms with Crippen LogP contribution in [0.1, 0.15) is 26.3 Å². The summed E-state index contributed by atoms with van der Waals surface area (Å²) in [6, 6.07) is 21.6. The summed E-state index contributed by atoms with van der Waals surface area (Å²) in [5, 5.41) is 0. The number of fused-ring (bicyclic) bond motifs is 1. The van der Waals surface area contributed by atoms with E-state index in [0.717, 1.165) is 5.56 Å². The number of aryl methyl sites for hydroxylation is 1. The van der Waals surface area contributed by atoms with Crippen LogP contribution in [0.3, 0.4) is 0 Å². The van der Waals surface area contributed by atoms with Crippen LogP contribution in [0, 0.1) is 6.92 Å². The van der Waals surface area contributed by atoms with E-state index in [1.54, 1.807) is 30.3 Å². The third kappa shape index (κ3) is 2.58. The van der Waals surface area contributed by atoms with Gasteiger partial charge in [-0.2, -0.15) is 0 Å². The quantitative estimate of drug-likeness (QED) is 0.660. The van der Waals surface area contributed by atoms with E-state index in [1.807, 2.05) is 49.4 Å². The van der Waals surface area contributed by atoms with Gasteiger partial charge in [-0.05, 0) is 42.8 Å². The molecule has 4 nitrogen and oxygen atoms in total. The lowest BCUT2D eigenvalue weighted by Gasteiger charge is -2.18. The minimum atomic E-state index is -0.305. The number of carbonyl (C=O) groups excluding carboxylic acids is 2. The Kier molecular flexibility index (Phi) is 3.58. The SMILES string of the molecule is Cc1ccc(Oc2ccccc2)cc1N1C(=O)c2ccccc2C1=O. The molecule has 3 aromatic rings. The molecule has 122 valence electrons. The maximum absolute atomic E-state index is 12.7. The van der Waals surface area contributed by atoms with E-state index in [4.69, 9.17) is 4.74 Å². The highest BCUT2D eigenvalue weighted by atomic mass is 16.5. The lowest BCUT2D eigenvalue weighted by molar-refractivity contribution is 0.0926. The molecule has 0 saturated carbocycles. The fraction of sp³-hybridized carbons (Fsp3) is 0.0476. The second-order valence-electron chi connectivity index (χ2n) is 5.85. The molecule has 0 radical (unpaired) electrons. The summed E-state index contributed by atoms with van der Waals surface area (Å²) in [6.07, 6.45) is 0. The van der Waals surface area contributed by atoms with Crippen molar-refractivity contribution in [2.24, 2.45) is 0 Å². The molecule has 4 rings (SSSR count). The average molecular weight is 329 g/mol. The zero-order valence-electron chi connectivity index (χ0n) is 13.6. The highest BCUT2D eigenvalue weighted by molar-refractivity contribution is 6.34. The summed E-state index contributed by atoms with van der Waals surface area (Å²) in [5.74, 6) is 0.657. The molecule has 0 bridgehead atoms. The molecule has 0 fully saturated rings. The van der Waals surface area contributed by atoms with Crippen LogP contribution in [-0.2, 0) is 0 Å². The van der Waals surface area contributed by atoms with E-state index in [-0.39, 0.29) is 11.8 Å². The number of imide groups is 1. The Labute approximate surface area is 145 Å². The Morgan fingerprint density at radius 1 is 0.720 bits per heavy atom. The monoisotopic (exact) mass is 329 g/mol. The fourth-order valence-corrected chi connectivity index (χ4v) is 2.93. The molecular formula is C21H15NO3. The van der Waals surface area contributed by atoms with Gasteiger partial charge >= 0.3 is 0 Å². The highest BCUT2D eigenvalue weighted by Crippen LogP contribution is 2.34. The molecule has 25 heavy (non-hydrogen) atoms. The number of rotatable bonds is 3.